The lowest BCUT2D eigenvalue weighted by atomic mass is 10.0. The molecule has 0 saturated heterocycles. The van der Waals surface area contributed by atoms with Crippen LogP contribution in [0.1, 0.15) is 44.7 Å². The molecule has 2 atom stereocenters. The van der Waals surface area contributed by atoms with E-state index in [1.54, 1.807) is 0 Å². The van der Waals surface area contributed by atoms with Crippen LogP contribution in [0.5, 0.6) is 0 Å². The van der Waals surface area contributed by atoms with E-state index in [-0.39, 0.29) is 0 Å². The van der Waals surface area contributed by atoms with Gasteiger partial charge in [-0.2, -0.15) is 0 Å². The molecule has 16 heavy (non-hydrogen) atoms. The van der Waals surface area contributed by atoms with E-state index in [0.29, 0.717) is 12.1 Å². The molecule has 0 spiro atoms. The maximum atomic E-state index is 3.78. The Morgan fingerprint density at radius 3 is 2.56 bits per heavy atom. The van der Waals surface area contributed by atoms with Gasteiger partial charge in [-0.3, -0.25) is 0 Å². The van der Waals surface area contributed by atoms with Crippen molar-refractivity contribution in [3.63, 3.8) is 0 Å². The summed E-state index contributed by atoms with van der Waals surface area (Å²) in [5.74, 6) is 0. The molecule has 1 aromatic rings. The van der Waals surface area contributed by atoms with Gasteiger partial charge in [0.05, 0.1) is 0 Å². The second kappa shape index (κ2) is 7.24. The van der Waals surface area contributed by atoms with Gasteiger partial charge in [0.1, 0.15) is 0 Å². The zero-order chi connectivity index (χ0) is 11.8. The summed E-state index contributed by atoms with van der Waals surface area (Å²) in [6.07, 6.45) is 5.44. The van der Waals surface area contributed by atoms with E-state index in [9.17, 15) is 0 Å². The van der Waals surface area contributed by atoms with E-state index in [2.05, 4.69) is 56.1 Å². The van der Waals surface area contributed by atoms with Gasteiger partial charge in [0.2, 0.25) is 0 Å². The minimum Gasteiger partial charge on any atom is -0.307 e. The molecule has 0 aliphatic carbocycles. The fraction of sp³-hybridized carbons (Fsp3) is 0.467. The van der Waals surface area contributed by atoms with Crippen molar-refractivity contribution in [3.8, 4) is 0 Å². The predicted octanol–water partition coefficient (Wildman–Crippen LogP) is 4.08. The average molecular weight is 217 g/mol. The topological polar surface area (TPSA) is 12.0 Å². The van der Waals surface area contributed by atoms with Gasteiger partial charge in [0.15, 0.2) is 0 Å². The van der Waals surface area contributed by atoms with Crippen LogP contribution in [0.25, 0.3) is 0 Å². The van der Waals surface area contributed by atoms with Crippen molar-refractivity contribution in [2.24, 2.45) is 0 Å². The van der Waals surface area contributed by atoms with Gasteiger partial charge < -0.3 is 5.32 Å². The molecule has 0 aliphatic rings. The summed E-state index contributed by atoms with van der Waals surface area (Å²) in [5, 5.41) is 3.67. The minimum atomic E-state index is 0.427. The Bertz CT molecular complexity index is 292. The van der Waals surface area contributed by atoms with Crippen molar-refractivity contribution in [3.05, 3.63) is 48.6 Å². The summed E-state index contributed by atoms with van der Waals surface area (Å²) in [5.41, 5.74) is 1.36. The lowest BCUT2D eigenvalue weighted by molar-refractivity contribution is 0.422. The fourth-order valence-electron chi connectivity index (χ4n) is 1.92. The highest BCUT2D eigenvalue weighted by Gasteiger charge is 2.10. The van der Waals surface area contributed by atoms with Gasteiger partial charge >= 0.3 is 0 Å². The van der Waals surface area contributed by atoms with Gasteiger partial charge in [-0.15, -0.1) is 6.58 Å². The molecule has 1 N–H and O–H groups in total. The Morgan fingerprint density at radius 1 is 1.31 bits per heavy atom. The fourth-order valence-corrected chi connectivity index (χ4v) is 1.92. The number of hydrogen-bond donors (Lipinski definition) is 1. The minimum absolute atomic E-state index is 0.427. The van der Waals surface area contributed by atoms with Crippen LogP contribution < -0.4 is 5.32 Å². The van der Waals surface area contributed by atoms with E-state index < -0.39 is 0 Å². The smallest absolute Gasteiger partial charge is 0.0294 e. The SMILES string of the molecule is C=CCCC(CC)NC(C)c1ccccc1. The maximum Gasteiger partial charge on any atom is 0.0294 e. The summed E-state index contributed by atoms with van der Waals surface area (Å²) in [7, 11) is 0. The molecule has 1 heteroatoms. The molecule has 88 valence electrons. The number of benzene rings is 1. The molecular weight excluding hydrogens is 194 g/mol. The van der Waals surface area contributed by atoms with Crippen LogP contribution in [-0.4, -0.2) is 6.04 Å². The van der Waals surface area contributed by atoms with Gasteiger partial charge in [0.25, 0.3) is 0 Å². The summed E-state index contributed by atoms with van der Waals surface area (Å²) in [6.45, 7) is 8.24. The van der Waals surface area contributed by atoms with Gasteiger partial charge in [-0.1, -0.05) is 43.3 Å². The van der Waals surface area contributed by atoms with Crippen molar-refractivity contribution in [1.29, 1.82) is 0 Å². The van der Waals surface area contributed by atoms with Crippen LogP contribution in [0.3, 0.4) is 0 Å². The first-order valence-corrected chi connectivity index (χ1v) is 6.19. The first-order chi connectivity index (χ1) is 7.77. The second-order valence-electron chi connectivity index (χ2n) is 4.27. The second-order valence-corrected chi connectivity index (χ2v) is 4.27. The Kier molecular flexibility index (Phi) is 5.87. The Balaban J connectivity index is 2.48. The Hall–Kier alpha value is -1.08. The van der Waals surface area contributed by atoms with Crippen molar-refractivity contribution >= 4 is 0 Å². The molecule has 0 radical (unpaired) electrons. The quantitative estimate of drug-likeness (QED) is 0.678. The van der Waals surface area contributed by atoms with Crippen LogP contribution in [0, 0.1) is 0 Å². The van der Waals surface area contributed by atoms with E-state index in [4.69, 9.17) is 0 Å². The maximum absolute atomic E-state index is 3.78. The summed E-state index contributed by atoms with van der Waals surface area (Å²) in [4.78, 5) is 0. The number of allylic oxidation sites excluding steroid dienone is 1. The summed E-state index contributed by atoms with van der Waals surface area (Å²) >= 11 is 0. The monoisotopic (exact) mass is 217 g/mol. The van der Waals surface area contributed by atoms with E-state index >= 15 is 0 Å². The third kappa shape index (κ3) is 4.19. The van der Waals surface area contributed by atoms with E-state index in [1.807, 2.05) is 6.08 Å². The molecule has 0 saturated carbocycles. The normalized spacial score (nSPS) is 14.4. The summed E-state index contributed by atoms with van der Waals surface area (Å²) < 4.78 is 0. The molecule has 1 aromatic carbocycles. The molecule has 1 rings (SSSR count). The Labute approximate surface area is 99.6 Å². The zero-order valence-electron chi connectivity index (χ0n) is 10.4. The van der Waals surface area contributed by atoms with Crippen LogP contribution >= 0.6 is 0 Å². The predicted molar refractivity (Wildman–Crippen MR) is 71.5 cm³/mol. The summed E-state index contributed by atoms with van der Waals surface area (Å²) in [6, 6.07) is 11.6. The lowest BCUT2D eigenvalue weighted by Crippen LogP contribution is -2.30. The number of nitrogens with one attached hydrogen (secondary N) is 1. The first-order valence-electron chi connectivity index (χ1n) is 6.19. The van der Waals surface area contributed by atoms with Crippen molar-refractivity contribution in [2.75, 3.05) is 0 Å². The van der Waals surface area contributed by atoms with Crippen LogP contribution in [0.2, 0.25) is 0 Å². The van der Waals surface area contributed by atoms with Crippen LogP contribution in [0.4, 0.5) is 0 Å². The van der Waals surface area contributed by atoms with E-state index in [0.717, 1.165) is 6.42 Å². The van der Waals surface area contributed by atoms with Gasteiger partial charge in [-0.05, 0) is 31.7 Å². The third-order valence-electron chi connectivity index (χ3n) is 3.00. The molecule has 0 fully saturated rings. The molecule has 0 amide bonds. The van der Waals surface area contributed by atoms with Crippen molar-refractivity contribution in [2.45, 2.75) is 45.2 Å². The highest BCUT2D eigenvalue weighted by atomic mass is 14.9. The number of hydrogen-bond acceptors (Lipinski definition) is 1. The highest BCUT2D eigenvalue weighted by molar-refractivity contribution is 5.18. The Morgan fingerprint density at radius 2 is 2.00 bits per heavy atom. The van der Waals surface area contributed by atoms with Gasteiger partial charge in [0, 0.05) is 12.1 Å². The van der Waals surface area contributed by atoms with Crippen LogP contribution in [0.15, 0.2) is 43.0 Å². The molecule has 0 bridgehead atoms. The third-order valence-corrected chi connectivity index (χ3v) is 3.00. The molecular formula is C15H23N. The standard InChI is InChI=1S/C15H23N/c1-4-6-12-15(5-2)16-13(3)14-10-8-7-9-11-14/h4,7-11,13,15-16H,1,5-6,12H2,2-3H3. The molecule has 0 aliphatic heterocycles. The van der Waals surface area contributed by atoms with Crippen molar-refractivity contribution < 1.29 is 0 Å². The largest absolute Gasteiger partial charge is 0.307 e. The van der Waals surface area contributed by atoms with Gasteiger partial charge in [-0.25, -0.2) is 0 Å². The highest BCUT2D eigenvalue weighted by Crippen LogP contribution is 2.14. The molecule has 2 unspecified atom stereocenters. The number of rotatable bonds is 7. The van der Waals surface area contributed by atoms with Crippen LogP contribution in [-0.2, 0) is 0 Å². The average Bonchev–Trinajstić information content (AvgIpc) is 2.35. The van der Waals surface area contributed by atoms with Crippen molar-refractivity contribution in [1.82, 2.24) is 5.32 Å². The molecule has 1 nitrogen and oxygen atoms in total. The lowest BCUT2D eigenvalue weighted by Gasteiger charge is -2.22. The molecule has 0 aromatic heterocycles. The molecule has 0 heterocycles. The first kappa shape index (κ1) is 13.0. The zero-order valence-corrected chi connectivity index (χ0v) is 10.4. The van der Waals surface area contributed by atoms with E-state index in [1.165, 1.54) is 18.4 Å².